The second-order valence-corrected chi connectivity index (χ2v) is 5.76. The van der Waals surface area contributed by atoms with Crippen LogP contribution in [0.1, 0.15) is 0 Å². The Morgan fingerprint density at radius 3 is 2.26 bits per heavy atom. The zero-order valence-corrected chi connectivity index (χ0v) is 12.7. The summed E-state index contributed by atoms with van der Waals surface area (Å²) >= 11 is 0. The van der Waals surface area contributed by atoms with E-state index in [1.165, 1.54) is 7.11 Å². The van der Waals surface area contributed by atoms with Gasteiger partial charge in [-0.25, -0.2) is 0 Å². The van der Waals surface area contributed by atoms with Gasteiger partial charge >= 0.3 is 0 Å². The summed E-state index contributed by atoms with van der Waals surface area (Å²) in [4.78, 5) is 0. The SMILES string of the molecule is CO[C@@H]1[C@@H](O)[C@@H](O[C@H]2[C@H](O)[C@@H](CO)NC[C@H]2O)O[C@H](CO)[C@H]1O. The number of β-amino-alcohol motifs (C(OH)–C–C–N with tert-alkyl or cyclic N) is 1. The average Bonchev–Trinajstić information content (AvgIpc) is 2.54. The van der Waals surface area contributed by atoms with E-state index in [1.54, 1.807) is 0 Å². The van der Waals surface area contributed by atoms with Crippen LogP contribution in [0.25, 0.3) is 0 Å². The summed E-state index contributed by atoms with van der Waals surface area (Å²) in [7, 11) is 1.28. The van der Waals surface area contributed by atoms with Crippen LogP contribution >= 0.6 is 0 Å². The van der Waals surface area contributed by atoms with Crippen molar-refractivity contribution in [1.29, 1.82) is 0 Å². The smallest absolute Gasteiger partial charge is 0.187 e. The Labute approximate surface area is 133 Å². The van der Waals surface area contributed by atoms with Gasteiger partial charge in [-0.3, -0.25) is 0 Å². The van der Waals surface area contributed by atoms with Crippen molar-refractivity contribution in [3.05, 3.63) is 0 Å². The molecule has 0 amide bonds. The fourth-order valence-electron chi connectivity index (χ4n) is 2.91. The van der Waals surface area contributed by atoms with Crippen LogP contribution in [-0.4, -0.2) is 113 Å². The molecule has 0 aliphatic carbocycles. The molecule has 0 spiro atoms. The Morgan fingerprint density at radius 1 is 1.00 bits per heavy atom. The summed E-state index contributed by atoms with van der Waals surface area (Å²) in [6.45, 7) is -0.805. The first-order valence-corrected chi connectivity index (χ1v) is 7.45. The van der Waals surface area contributed by atoms with E-state index in [2.05, 4.69) is 5.32 Å². The number of hydrogen-bond acceptors (Lipinski definition) is 10. The van der Waals surface area contributed by atoms with Crippen LogP contribution in [0.2, 0.25) is 0 Å². The fourth-order valence-corrected chi connectivity index (χ4v) is 2.91. The maximum absolute atomic E-state index is 10.2. The first-order valence-electron chi connectivity index (χ1n) is 7.45. The minimum Gasteiger partial charge on any atom is -0.395 e. The third-order valence-corrected chi connectivity index (χ3v) is 4.30. The highest BCUT2D eigenvalue weighted by molar-refractivity contribution is 4.95. The summed E-state index contributed by atoms with van der Waals surface area (Å²) in [5.74, 6) is 0. The van der Waals surface area contributed by atoms with E-state index in [9.17, 15) is 30.6 Å². The molecular weight excluding hydrogens is 314 g/mol. The summed E-state index contributed by atoms with van der Waals surface area (Å²) in [5.41, 5.74) is 0. The minimum absolute atomic E-state index is 0.0789. The second-order valence-electron chi connectivity index (χ2n) is 5.76. The molecule has 0 aromatic carbocycles. The third kappa shape index (κ3) is 3.82. The molecule has 0 aromatic heterocycles. The van der Waals surface area contributed by atoms with Crippen LogP contribution in [0, 0.1) is 0 Å². The first kappa shape index (κ1) is 18.9. The van der Waals surface area contributed by atoms with Crippen molar-refractivity contribution in [3.63, 3.8) is 0 Å². The summed E-state index contributed by atoms with van der Waals surface area (Å²) in [6.07, 6.45) is -9.53. The molecule has 0 aromatic rings. The molecule has 7 N–H and O–H groups in total. The normalized spacial score (nSPS) is 48.4. The Bertz CT molecular complexity index is 373. The van der Waals surface area contributed by atoms with Gasteiger partial charge in [0.25, 0.3) is 0 Å². The topological polar surface area (TPSA) is 161 Å². The molecule has 10 heteroatoms. The number of aliphatic hydroxyl groups excluding tert-OH is 6. The van der Waals surface area contributed by atoms with E-state index < -0.39 is 61.7 Å². The summed E-state index contributed by atoms with van der Waals surface area (Å²) in [6, 6.07) is -0.693. The maximum atomic E-state index is 10.2. The molecule has 0 saturated carbocycles. The van der Waals surface area contributed by atoms with Crippen molar-refractivity contribution < 1.29 is 44.8 Å². The maximum Gasteiger partial charge on any atom is 0.187 e. The lowest BCUT2D eigenvalue weighted by molar-refractivity contribution is -0.329. The van der Waals surface area contributed by atoms with E-state index in [0.29, 0.717) is 0 Å². The quantitative estimate of drug-likeness (QED) is 0.260. The van der Waals surface area contributed by atoms with Gasteiger partial charge < -0.3 is 50.2 Å². The molecule has 0 unspecified atom stereocenters. The first-order chi connectivity index (χ1) is 10.9. The predicted molar refractivity (Wildman–Crippen MR) is 74.3 cm³/mol. The number of aliphatic hydroxyl groups is 6. The monoisotopic (exact) mass is 339 g/mol. The molecule has 9 atom stereocenters. The van der Waals surface area contributed by atoms with Crippen molar-refractivity contribution >= 4 is 0 Å². The number of piperidine rings is 1. The lowest BCUT2D eigenvalue weighted by atomic mass is 9.95. The fraction of sp³-hybridized carbons (Fsp3) is 1.00. The largest absolute Gasteiger partial charge is 0.395 e. The molecule has 2 aliphatic heterocycles. The van der Waals surface area contributed by atoms with Crippen molar-refractivity contribution in [3.8, 4) is 0 Å². The van der Waals surface area contributed by atoms with Crippen LogP contribution in [0.4, 0.5) is 0 Å². The van der Waals surface area contributed by atoms with Gasteiger partial charge in [0.15, 0.2) is 6.29 Å². The van der Waals surface area contributed by atoms with E-state index in [1.807, 2.05) is 0 Å². The van der Waals surface area contributed by atoms with Crippen molar-refractivity contribution in [2.45, 2.75) is 55.1 Å². The Balaban J connectivity index is 2.10. The number of nitrogens with one attached hydrogen (secondary N) is 1. The molecule has 2 aliphatic rings. The molecule has 2 rings (SSSR count). The third-order valence-electron chi connectivity index (χ3n) is 4.30. The molecule has 2 saturated heterocycles. The van der Waals surface area contributed by atoms with Crippen LogP contribution in [0.3, 0.4) is 0 Å². The molecular formula is C13H25NO9. The van der Waals surface area contributed by atoms with Crippen LogP contribution < -0.4 is 5.32 Å². The molecule has 2 heterocycles. The summed E-state index contributed by atoms with van der Waals surface area (Å²) < 4.78 is 15.8. The molecule has 10 nitrogen and oxygen atoms in total. The van der Waals surface area contributed by atoms with E-state index >= 15 is 0 Å². The van der Waals surface area contributed by atoms with Gasteiger partial charge in [-0.15, -0.1) is 0 Å². The molecule has 136 valence electrons. The second kappa shape index (κ2) is 8.12. The van der Waals surface area contributed by atoms with Gasteiger partial charge in [0.1, 0.15) is 36.6 Å². The van der Waals surface area contributed by atoms with Gasteiger partial charge in [-0.1, -0.05) is 0 Å². The van der Waals surface area contributed by atoms with E-state index in [-0.39, 0.29) is 13.2 Å². The Morgan fingerprint density at radius 2 is 1.70 bits per heavy atom. The average molecular weight is 339 g/mol. The van der Waals surface area contributed by atoms with Crippen molar-refractivity contribution in [1.82, 2.24) is 5.32 Å². The van der Waals surface area contributed by atoms with Crippen molar-refractivity contribution in [2.24, 2.45) is 0 Å². The number of ether oxygens (including phenoxy) is 3. The lowest BCUT2D eigenvalue weighted by Gasteiger charge is -2.45. The number of rotatable bonds is 5. The van der Waals surface area contributed by atoms with Gasteiger partial charge in [-0.05, 0) is 0 Å². The van der Waals surface area contributed by atoms with Gasteiger partial charge in [-0.2, -0.15) is 0 Å². The van der Waals surface area contributed by atoms with Gasteiger partial charge in [0.05, 0.1) is 25.4 Å². The standard InChI is InChI=1S/C13H25NO9/c1-21-12-9(19)7(4-16)22-13(10(12)20)23-11-6(17)2-14-5(3-15)8(11)18/h5-20H,2-4H2,1H3/t5-,6-,7-,8-,9-,10-,11-,12+,13-/m1/s1. The Kier molecular flexibility index (Phi) is 6.68. The predicted octanol–water partition coefficient (Wildman–Crippen LogP) is -4.49. The highest BCUT2D eigenvalue weighted by Crippen LogP contribution is 2.27. The van der Waals surface area contributed by atoms with E-state index in [4.69, 9.17) is 14.2 Å². The van der Waals surface area contributed by atoms with Gasteiger partial charge in [0.2, 0.25) is 0 Å². The summed E-state index contributed by atoms with van der Waals surface area (Å²) in [5, 5.41) is 61.4. The zero-order valence-electron chi connectivity index (χ0n) is 12.7. The number of methoxy groups -OCH3 is 1. The van der Waals surface area contributed by atoms with Crippen molar-refractivity contribution in [2.75, 3.05) is 26.9 Å². The minimum atomic E-state index is -1.39. The van der Waals surface area contributed by atoms with Crippen LogP contribution in [0.15, 0.2) is 0 Å². The zero-order chi connectivity index (χ0) is 17.1. The van der Waals surface area contributed by atoms with Crippen LogP contribution in [0.5, 0.6) is 0 Å². The number of hydrogen-bond donors (Lipinski definition) is 7. The van der Waals surface area contributed by atoms with E-state index in [0.717, 1.165) is 0 Å². The lowest BCUT2D eigenvalue weighted by Crippen LogP contribution is -2.65. The molecule has 0 radical (unpaired) electrons. The highest BCUT2D eigenvalue weighted by Gasteiger charge is 2.48. The van der Waals surface area contributed by atoms with Gasteiger partial charge in [0, 0.05) is 13.7 Å². The Hall–Kier alpha value is -0.400. The highest BCUT2D eigenvalue weighted by atomic mass is 16.7. The van der Waals surface area contributed by atoms with Crippen LogP contribution in [-0.2, 0) is 14.2 Å². The molecule has 0 bridgehead atoms. The molecule has 23 heavy (non-hydrogen) atoms. The molecule has 2 fully saturated rings.